The summed E-state index contributed by atoms with van der Waals surface area (Å²) in [5.74, 6) is -0.649. The van der Waals surface area contributed by atoms with Gasteiger partial charge < -0.3 is 9.88 Å². The molecule has 0 aliphatic carbocycles. The number of rotatable bonds is 6. The van der Waals surface area contributed by atoms with Crippen LogP contribution in [0, 0.1) is 5.82 Å². The van der Waals surface area contributed by atoms with Crippen molar-refractivity contribution in [2.45, 2.75) is 31.4 Å². The van der Waals surface area contributed by atoms with Gasteiger partial charge in [0.1, 0.15) is 5.82 Å². The summed E-state index contributed by atoms with van der Waals surface area (Å²) in [7, 11) is 0. The Labute approximate surface area is 200 Å². The normalized spacial score (nSPS) is 13.1. The van der Waals surface area contributed by atoms with Crippen molar-refractivity contribution in [3.8, 4) is 22.6 Å². The third-order valence-corrected chi connectivity index (χ3v) is 5.35. The van der Waals surface area contributed by atoms with Gasteiger partial charge in [0.25, 0.3) is 0 Å². The molecule has 0 fully saturated rings. The number of halogens is 7. The van der Waals surface area contributed by atoms with Crippen LogP contribution in [0.5, 0.6) is 0 Å². The summed E-state index contributed by atoms with van der Waals surface area (Å²) in [6.45, 7) is 1.79. The quantitative estimate of drug-likeness (QED) is 0.285. The molecule has 188 valence electrons. The Balaban J connectivity index is 1.85. The molecule has 0 aliphatic rings. The molecule has 4 rings (SSSR count). The molecule has 4 aromatic rings. The zero-order chi connectivity index (χ0) is 26.1. The SMILES string of the molecule is C[C@@H](Nc1nccc(-c2c(-c3ccc(F)cc3)ncn2C(C(F)(F)F)C(F)(F)F)n1)c1ccccc1. The fraction of sp³-hybridized carbons (Fsp3) is 0.208. The first-order valence-electron chi connectivity index (χ1n) is 10.6. The molecule has 0 spiro atoms. The highest BCUT2D eigenvalue weighted by Gasteiger charge is 2.58. The van der Waals surface area contributed by atoms with E-state index < -0.39 is 29.9 Å². The molecule has 1 N–H and O–H groups in total. The molecular weight excluding hydrogens is 491 g/mol. The number of hydrogen-bond acceptors (Lipinski definition) is 4. The molecule has 0 saturated carbocycles. The number of imidazole rings is 1. The van der Waals surface area contributed by atoms with Gasteiger partial charge in [-0.2, -0.15) is 26.3 Å². The van der Waals surface area contributed by atoms with E-state index in [1.165, 1.54) is 24.4 Å². The third kappa shape index (κ3) is 5.31. The maximum Gasteiger partial charge on any atom is 0.418 e. The Morgan fingerprint density at radius 1 is 0.833 bits per heavy atom. The Morgan fingerprint density at radius 2 is 1.47 bits per heavy atom. The van der Waals surface area contributed by atoms with E-state index >= 15 is 0 Å². The molecule has 5 nitrogen and oxygen atoms in total. The first kappa shape index (κ1) is 25.1. The van der Waals surface area contributed by atoms with Crippen LogP contribution in [0.25, 0.3) is 22.6 Å². The van der Waals surface area contributed by atoms with E-state index in [9.17, 15) is 30.7 Å². The first-order chi connectivity index (χ1) is 16.9. The van der Waals surface area contributed by atoms with E-state index in [0.717, 1.165) is 17.7 Å². The molecule has 0 unspecified atom stereocenters. The predicted octanol–water partition coefficient (Wildman–Crippen LogP) is 6.99. The average molecular weight is 509 g/mol. The minimum atomic E-state index is -5.68. The molecule has 2 aromatic heterocycles. The van der Waals surface area contributed by atoms with E-state index in [-0.39, 0.29) is 33.5 Å². The maximum atomic E-state index is 13.6. The third-order valence-electron chi connectivity index (χ3n) is 5.35. The highest BCUT2D eigenvalue weighted by molar-refractivity contribution is 5.77. The molecule has 1 atom stereocenters. The lowest BCUT2D eigenvalue weighted by molar-refractivity contribution is -0.273. The van der Waals surface area contributed by atoms with Gasteiger partial charge in [-0.15, -0.1) is 0 Å². The van der Waals surface area contributed by atoms with Gasteiger partial charge in [0.05, 0.1) is 29.5 Å². The van der Waals surface area contributed by atoms with Crippen LogP contribution in [0.2, 0.25) is 0 Å². The minimum Gasteiger partial charge on any atom is -0.348 e. The average Bonchev–Trinajstić information content (AvgIpc) is 3.22. The Kier molecular flexibility index (Phi) is 6.70. The smallest absolute Gasteiger partial charge is 0.348 e. The van der Waals surface area contributed by atoms with Crippen LogP contribution >= 0.6 is 0 Å². The molecular formula is C24H18F7N5. The Morgan fingerprint density at radius 3 is 2.08 bits per heavy atom. The molecule has 2 aromatic carbocycles. The summed E-state index contributed by atoms with van der Waals surface area (Å²) in [5, 5.41) is 2.99. The molecule has 0 aliphatic heterocycles. The lowest BCUT2D eigenvalue weighted by atomic mass is 10.1. The van der Waals surface area contributed by atoms with Gasteiger partial charge in [-0.25, -0.2) is 19.3 Å². The summed E-state index contributed by atoms with van der Waals surface area (Å²) in [5.41, 5.74) is -0.0341. The molecule has 36 heavy (non-hydrogen) atoms. The lowest BCUT2D eigenvalue weighted by Gasteiger charge is -2.26. The fourth-order valence-corrected chi connectivity index (χ4v) is 3.71. The predicted molar refractivity (Wildman–Crippen MR) is 118 cm³/mol. The molecule has 0 saturated heterocycles. The number of hydrogen-bond donors (Lipinski definition) is 1. The van der Waals surface area contributed by atoms with Crippen LogP contribution in [0.15, 0.2) is 73.2 Å². The van der Waals surface area contributed by atoms with Crippen molar-refractivity contribution in [2.75, 3.05) is 5.32 Å². The van der Waals surface area contributed by atoms with E-state index in [2.05, 4.69) is 20.3 Å². The van der Waals surface area contributed by atoms with Gasteiger partial charge in [0.2, 0.25) is 12.0 Å². The second kappa shape index (κ2) is 9.59. The zero-order valence-corrected chi connectivity index (χ0v) is 18.5. The summed E-state index contributed by atoms with van der Waals surface area (Å²) in [6, 6.07) is 10.6. The second-order valence-electron chi connectivity index (χ2n) is 7.88. The van der Waals surface area contributed by atoms with E-state index in [1.54, 1.807) is 6.92 Å². The van der Waals surface area contributed by atoms with Crippen LogP contribution in [-0.4, -0.2) is 31.9 Å². The van der Waals surface area contributed by atoms with Crippen LogP contribution in [-0.2, 0) is 0 Å². The Bertz CT molecular complexity index is 1300. The fourth-order valence-electron chi connectivity index (χ4n) is 3.71. The molecule has 0 radical (unpaired) electrons. The topological polar surface area (TPSA) is 55.6 Å². The number of aromatic nitrogens is 4. The number of nitrogens with zero attached hydrogens (tertiary/aromatic N) is 4. The number of nitrogens with one attached hydrogen (secondary N) is 1. The number of alkyl halides is 6. The minimum absolute atomic E-state index is 0.00850. The molecule has 2 heterocycles. The largest absolute Gasteiger partial charge is 0.418 e. The first-order valence-corrected chi connectivity index (χ1v) is 10.6. The van der Waals surface area contributed by atoms with Crippen molar-refractivity contribution >= 4 is 5.95 Å². The second-order valence-corrected chi connectivity index (χ2v) is 7.88. The van der Waals surface area contributed by atoms with E-state index in [4.69, 9.17) is 0 Å². The van der Waals surface area contributed by atoms with Gasteiger partial charge in [0, 0.05) is 11.8 Å². The van der Waals surface area contributed by atoms with Gasteiger partial charge in [-0.1, -0.05) is 30.3 Å². The highest BCUT2D eigenvalue weighted by Crippen LogP contribution is 2.46. The van der Waals surface area contributed by atoms with Crippen molar-refractivity contribution in [2.24, 2.45) is 0 Å². The Hall–Kier alpha value is -3.96. The zero-order valence-electron chi connectivity index (χ0n) is 18.5. The van der Waals surface area contributed by atoms with Crippen LogP contribution in [0.1, 0.15) is 24.6 Å². The van der Waals surface area contributed by atoms with Gasteiger partial charge in [-0.3, -0.25) is 0 Å². The number of benzene rings is 2. The number of anilines is 1. The van der Waals surface area contributed by atoms with Crippen LogP contribution in [0.3, 0.4) is 0 Å². The summed E-state index contributed by atoms with van der Waals surface area (Å²) in [4.78, 5) is 12.1. The molecule has 12 heteroatoms. The van der Waals surface area contributed by atoms with Crippen molar-refractivity contribution in [1.82, 2.24) is 19.5 Å². The van der Waals surface area contributed by atoms with Crippen molar-refractivity contribution in [1.29, 1.82) is 0 Å². The summed E-state index contributed by atoms with van der Waals surface area (Å²) < 4.78 is 95.3. The molecule has 0 bridgehead atoms. The summed E-state index contributed by atoms with van der Waals surface area (Å²) in [6.07, 6.45) is -9.68. The van der Waals surface area contributed by atoms with Crippen LogP contribution in [0.4, 0.5) is 36.7 Å². The van der Waals surface area contributed by atoms with Crippen LogP contribution < -0.4 is 5.32 Å². The van der Waals surface area contributed by atoms with Gasteiger partial charge in [-0.05, 0) is 42.8 Å². The van der Waals surface area contributed by atoms with Gasteiger partial charge in [0.15, 0.2) is 0 Å². The maximum absolute atomic E-state index is 13.6. The van der Waals surface area contributed by atoms with E-state index in [1.807, 2.05) is 30.3 Å². The van der Waals surface area contributed by atoms with Gasteiger partial charge >= 0.3 is 12.4 Å². The standard InChI is InChI=1S/C24H18F7N5/c1-14(15-5-3-2-4-6-15)34-22-32-12-11-18(35-22)20-19(16-7-9-17(25)10-8-16)33-13-36(20)21(23(26,27)28)24(29,30)31/h2-14,21H,1H3,(H,32,34,35)/t14-/m1/s1. The molecule has 0 amide bonds. The van der Waals surface area contributed by atoms with Crippen molar-refractivity contribution in [3.63, 3.8) is 0 Å². The summed E-state index contributed by atoms with van der Waals surface area (Å²) >= 11 is 0. The monoisotopic (exact) mass is 509 g/mol. The highest BCUT2D eigenvalue weighted by atomic mass is 19.4. The van der Waals surface area contributed by atoms with E-state index in [0.29, 0.717) is 6.33 Å². The lowest BCUT2D eigenvalue weighted by Crippen LogP contribution is -2.38. The van der Waals surface area contributed by atoms with Crippen molar-refractivity contribution in [3.05, 3.63) is 84.6 Å². The van der Waals surface area contributed by atoms with Crippen molar-refractivity contribution < 1.29 is 30.7 Å².